The van der Waals surface area contributed by atoms with Crippen LogP contribution in [0.2, 0.25) is 0 Å². The first kappa shape index (κ1) is 14.0. The molecule has 0 aromatic heterocycles. The van der Waals surface area contributed by atoms with Crippen molar-refractivity contribution in [3.63, 3.8) is 0 Å². The van der Waals surface area contributed by atoms with E-state index in [9.17, 15) is 14.0 Å². The van der Waals surface area contributed by atoms with Crippen LogP contribution in [-0.4, -0.2) is 18.1 Å². The number of amides is 2. The fourth-order valence-electron chi connectivity index (χ4n) is 1.19. The quantitative estimate of drug-likeness (QED) is 0.815. The molecule has 0 saturated carbocycles. The van der Waals surface area contributed by atoms with Crippen molar-refractivity contribution in [3.05, 3.63) is 24.0 Å². The van der Waals surface area contributed by atoms with E-state index >= 15 is 0 Å². The molecule has 0 fully saturated rings. The van der Waals surface area contributed by atoms with Gasteiger partial charge >= 0.3 is 6.09 Å². The van der Waals surface area contributed by atoms with Crippen LogP contribution < -0.4 is 10.6 Å². The lowest BCUT2D eigenvalue weighted by Gasteiger charge is -2.19. The lowest BCUT2D eigenvalue weighted by atomic mass is 10.2. The van der Waals surface area contributed by atoms with Crippen molar-refractivity contribution in [2.75, 3.05) is 10.6 Å². The zero-order valence-corrected chi connectivity index (χ0v) is 10.4. The number of rotatable bonds is 3. The molecule has 18 heavy (non-hydrogen) atoms. The van der Waals surface area contributed by atoms with Gasteiger partial charge in [0.05, 0.1) is 5.69 Å². The van der Waals surface area contributed by atoms with Crippen molar-refractivity contribution in [1.29, 1.82) is 0 Å². The van der Waals surface area contributed by atoms with E-state index in [4.69, 9.17) is 4.74 Å². The number of benzene rings is 1. The van der Waals surface area contributed by atoms with E-state index < -0.39 is 17.5 Å². The molecule has 0 saturated heterocycles. The molecule has 0 spiro atoms. The molecule has 2 N–H and O–H groups in total. The maximum atomic E-state index is 13.4. The lowest BCUT2D eigenvalue weighted by Crippen LogP contribution is -2.27. The van der Waals surface area contributed by atoms with E-state index in [1.54, 1.807) is 20.8 Å². The standard InChI is InChI=1S/C12H15FN2O3/c1-12(2,3)18-11(17)15-10-6-8(14-7-16)4-5-9(10)13/h4-7H,1-3H3,(H,14,16)(H,15,17). The smallest absolute Gasteiger partial charge is 0.412 e. The molecule has 6 heteroatoms. The van der Waals surface area contributed by atoms with Crippen LogP contribution >= 0.6 is 0 Å². The van der Waals surface area contributed by atoms with E-state index in [1.165, 1.54) is 12.1 Å². The second-order valence-corrected chi connectivity index (χ2v) is 4.58. The molecule has 98 valence electrons. The molecular formula is C12H15FN2O3. The third kappa shape index (κ3) is 4.40. The van der Waals surface area contributed by atoms with Gasteiger partial charge in [0.25, 0.3) is 0 Å². The molecule has 0 bridgehead atoms. The van der Waals surface area contributed by atoms with Crippen LogP contribution in [0.4, 0.5) is 20.6 Å². The molecule has 0 heterocycles. The predicted octanol–water partition coefficient (Wildman–Crippen LogP) is 2.74. The molecule has 5 nitrogen and oxygen atoms in total. The third-order valence-corrected chi connectivity index (χ3v) is 1.83. The average Bonchev–Trinajstić information content (AvgIpc) is 2.20. The van der Waals surface area contributed by atoms with Crippen molar-refractivity contribution in [3.8, 4) is 0 Å². The van der Waals surface area contributed by atoms with Crippen LogP contribution in [-0.2, 0) is 9.53 Å². The molecular weight excluding hydrogens is 239 g/mol. The number of ether oxygens (including phenoxy) is 1. The maximum absolute atomic E-state index is 13.4. The zero-order chi connectivity index (χ0) is 13.8. The summed E-state index contributed by atoms with van der Waals surface area (Å²) in [6.07, 6.45) is -0.297. The summed E-state index contributed by atoms with van der Waals surface area (Å²) in [5.41, 5.74) is -0.354. The monoisotopic (exact) mass is 254 g/mol. The second kappa shape index (κ2) is 5.48. The lowest BCUT2D eigenvalue weighted by molar-refractivity contribution is -0.105. The van der Waals surface area contributed by atoms with Crippen LogP contribution in [0.25, 0.3) is 0 Å². The minimum atomic E-state index is -0.760. The minimum Gasteiger partial charge on any atom is -0.444 e. The Hall–Kier alpha value is -2.11. The van der Waals surface area contributed by atoms with Gasteiger partial charge in [-0.1, -0.05) is 0 Å². The van der Waals surface area contributed by atoms with Crippen LogP contribution in [0.3, 0.4) is 0 Å². The highest BCUT2D eigenvalue weighted by molar-refractivity contribution is 5.86. The molecule has 1 aromatic rings. The summed E-state index contributed by atoms with van der Waals surface area (Å²) in [5, 5.41) is 4.63. The Labute approximate surface area is 104 Å². The number of carbonyl (C=O) groups is 2. The van der Waals surface area contributed by atoms with Gasteiger partial charge in [-0.2, -0.15) is 0 Å². The Bertz CT molecular complexity index is 455. The number of halogens is 1. The summed E-state index contributed by atoms with van der Waals surface area (Å²) in [6, 6.07) is 3.82. The highest BCUT2D eigenvalue weighted by Gasteiger charge is 2.17. The van der Waals surface area contributed by atoms with Crippen molar-refractivity contribution in [2.45, 2.75) is 26.4 Å². The maximum Gasteiger partial charge on any atom is 0.412 e. The normalized spacial score (nSPS) is 10.7. The largest absolute Gasteiger partial charge is 0.444 e. The third-order valence-electron chi connectivity index (χ3n) is 1.83. The van der Waals surface area contributed by atoms with Gasteiger partial charge in [0.15, 0.2) is 0 Å². The first-order chi connectivity index (χ1) is 8.31. The molecule has 0 aliphatic rings. The number of anilines is 2. The second-order valence-electron chi connectivity index (χ2n) is 4.58. The molecule has 1 rings (SSSR count). The van der Waals surface area contributed by atoms with Crippen molar-refractivity contribution in [1.82, 2.24) is 0 Å². The number of hydrogen-bond donors (Lipinski definition) is 2. The van der Waals surface area contributed by atoms with Gasteiger partial charge in [-0.25, -0.2) is 9.18 Å². The Morgan fingerprint density at radius 2 is 2.06 bits per heavy atom. The summed E-state index contributed by atoms with van der Waals surface area (Å²) in [7, 11) is 0. The molecule has 0 aliphatic carbocycles. The van der Waals surface area contributed by atoms with Gasteiger partial charge in [0.2, 0.25) is 6.41 Å². The predicted molar refractivity (Wildman–Crippen MR) is 65.9 cm³/mol. The molecule has 0 radical (unpaired) electrons. The van der Waals surface area contributed by atoms with Gasteiger partial charge in [-0.3, -0.25) is 10.1 Å². The van der Waals surface area contributed by atoms with Gasteiger partial charge in [0.1, 0.15) is 11.4 Å². The first-order valence-corrected chi connectivity index (χ1v) is 5.31. The van der Waals surface area contributed by atoms with Gasteiger partial charge in [-0.15, -0.1) is 0 Å². The summed E-state index contributed by atoms with van der Waals surface area (Å²) >= 11 is 0. The highest BCUT2D eigenvalue weighted by atomic mass is 19.1. The Morgan fingerprint density at radius 3 is 2.61 bits per heavy atom. The Kier molecular flexibility index (Phi) is 4.25. The number of hydrogen-bond acceptors (Lipinski definition) is 3. The zero-order valence-electron chi connectivity index (χ0n) is 10.4. The van der Waals surface area contributed by atoms with E-state index in [1.807, 2.05) is 0 Å². The molecule has 0 unspecified atom stereocenters. The van der Waals surface area contributed by atoms with Gasteiger partial charge in [-0.05, 0) is 39.0 Å². The topological polar surface area (TPSA) is 67.4 Å². The van der Waals surface area contributed by atoms with Crippen LogP contribution in [0.15, 0.2) is 18.2 Å². The molecule has 2 amide bonds. The Balaban J connectivity index is 2.80. The highest BCUT2D eigenvalue weighted by Crippen LogP contribution is 2.20. The van der Waals surface area contributed by atoms with Crippen molar-refractivity contribution >= 4 is 23.9 Å². The molecule has 0 aliphatic heterocycles. The van der Waals surface area contributed by atoms with Crippen molar-refractivity contribution in [2.24, 2.45) is 0 Å². The van der Waals surface area contributed by atoms with Crippen LogP contribution in [0.1, 0.15) is 20.8 Å². The number of carbonyl (C=O) groups excluding carboxylic acids is 2. The van der Waals surface area contributed by atoms with Gasteiger partial charge < -0.3 is 10.1 Å². The Morgan fingerprint density at radius 1 is 1.39 bits per heavy atom. The summed E-state index contributed by atoms with van der Waals surface area (Å²) in [6.45, 7) is 5.11. The SMILES string of the molecule is CC(C)(C)OC(=O)Nc1cc(NC=O)ccc1F. The fourth-order valence-corrected chi connectivity index (χ4v) is 1.19. The van der Waals surface area contributed by atoms with Crippen LogP contribution in [0.5, 0.6) is 0 Å². The van der Waals surface area contributed by atoms with E-state index in [0.29, 0.717) is 12.1 Å². The molecule has 1 aromatic carbocycles. The van der Waals surface area contributed by atoms with E-state index in [2.05, 4.69) is 10.6 Å². The van der Waals surface area contributed by atoms with Crippen molar-refractivity contribution < 1.29 is 18.7 Å². The summed E-state index contributed by atoms with van der Waals surface area (Å²) in [5.74, 6) is -0.614. The minimum absolute atomic E-state index is 0.0592. The fraction of sp³-hybridized carbons (Fsp3) is 0.333. The summed E-state index contributed by atoms with van der Waals surface area (Å²) in [4.78, 5) is 21.7. The van der Waals surface area contributed by atoms with Crippen LogP contribution in [0, 0.1) is 5.82 Å². The summed E-state index contributed by atoms with van der Waals surface area (Å²) < 4.78 is 18.4. The van der Waals surface area contributed by atoms with E-state index in [0.717, 1.165) is 6.07 Å². The number of nitrogens with one attached hydrogen (secondary N) is 2. The first-order valence-electron chi connectivity index (χ1n) is 5.31. The van der Waals surface area contributed by atoms with Gasteiger partial charge in [0, 0.05) is 5.69 Å². The molecule has 0 atom stereocenters. The average molecular weight is 254 g/mol. The van der Waals surface area contributed by atoms with E-state index in [-0.39, 0.29) is 5.69 Å².